The van der Waals surface area contributed by atoms with E-state index in [0.717, 1.165) is 0 Å². The first kappa shape index (κ1) is 42.7. The fraction of sp³-hybridized carbons (Fsp3) is 0.0312. The minimum Gasteiger partial charge on any atom is -0.207 e. The van der Waals surface area contributed by atoms with Crippen molar-refractivity contribution in [2.24, 2.45) is 0 Å². The Morgan fingerprint density at radius 2 is 0.510 bits per heavy atom. The maximum Gasteiger partial charge on any atom is 4.00 e. The smallest absolute Gasteiger partial charge is 0.207 e. The van der Waals surface area contributed by atoms with Crippen LogP contribution in [0.1, 0.15) is 0 Å². The number of unbranched alkanes of at least 4 members (excludes halogenated alkanes) is 1. The van der Waals surface area contributed by atoms with Crippen molar-refractivity contribution in [1.29, 1.82) is 0 Å². The zero-order valence-corrected chi connectivity index (χ0v) is 26.5. The van der Waals surface area contributed by atoms with E-state index in [2.05, 4.69) is 6.92 Å². The predicted molar refractivity (Wildman–Crippen MR) is 145 cm³/mol. The molecule has 13 radical (unpaired) electrons. The van der Waals surface area contributed by atoms with Crippen LogP contribution < -0.4 is 16.4 Å². The van der Waals surface area contributed by atoms with Crippen molar-refractivity contribution in [3.63, 3.8) is 0 Å². The number of hydrogen-bond acceptors (Lipinski definition) is 0. The molecule has 0 spiro atoms. The summed E-state index contributed by atoms with van der Waals surface area (Å²) in [5.74, 6) is -45.3. The van der Waals surface area contributed by atoms with Gasteiger partial charge in [-0.25, -0.2) is 65.9 Å². The van der Waals surface area contributed by atoms with Crippen LogP contribution >= 0.6 is 0 Å². The molecule has 0 aromatic heterocycles. The standard InChI is InChI=1S/C22H6BF15.2C5H5.Zr/c1-2-3-4-23(5-8(24)14(30)20(36)15(31)9(5)25,6-10(26)16(32)21(37)17(33)11(6)27)7-12(28)18(34)22(38)19(35)13(7)29;2*1-2-4-5-3-1;/h2-3H,1,4H2;2*1-5H;/q-1;;;+4. The molecular formula is C32H16BF15Zr+3. The van der Waals surface area contributed by atoms with Gasteiger partial charge in [0.05, 0.1) is 0 Å². The quantitative estimate of drug-likeness (QED) is 0.105. The van der Waals surface area contributed by atoms with Crippen LogP contribution in [0.4, 0.5) is 65.9 Å². The van der Waals surface area contributed by atoms with Crippen LogP contribution in [-0.4, -0.2) is 6.15 Å². The molecule has 0 unspecified atom stereocenters. The Hall–Kier alpha value is -2.44. The average Bonchev–Trinajstić information content (AvgIpc) is 3.86. The van der Waals surface area contributed by atoms with Crippen LogP contribution in [0.5, 0.6) is 0 Å². The van der Waals surface area contributed by atoms with Crippen LogP contribution in [0.25, 0.3) is 0 Å². The minimum absolute atomic E-state index is 0. The third-order valence-electron chi connectivity index (χ3n) is 6.98. The molecule has 0 atom stereocenters. The van der Waals surface area contributed by atoms with Crippen molar-refractivity contribution < 1.29 is 92.1 Å². The van der Waals surface area contributed by atoms with Gasteiger partial charge in [-0.15, -0.1) is 16.4 Å². The minimum atomic E-state index is -5.54. The second-order valence-electron chi connectivity index (χ2n) is 9.63. The first-order valence-corrected chi connectivity index (χ1v) is 13.1. The van der Waals surface area contributed by atoms with Crippen molar-refractivity contribution in [3.8, 4) is 0 Å². The second kappa shape index (κ2) is 18.2. The third-order valence-corrected chi connectivity index (χ3v) is 6.98. The van der Waals surface area contributed by atoms with Gasteiger partial charge in [-0.2, -0.15) is 6.32 Å². The van der Waals surface area contributed by atoms with E-state index in [-0.39, 0.29) is 26.2 Å². The summed E-state index contributed by atoms with van der Waals surface area (Å²) in [6, 6.07) is 0. The summed E-state index contributed by atoms with van der Waals surface area (Å²) in [5, 5.41) is 0. The molecule has 0 bridgehead atoms. The first-order chi connectivity index (χ1) is 22.6. The van der Waals surface area contributed by atoms with Gasteiger partial charge in [-0.3, -0.25) is 0 Å². The van der Waals surface area contributed by atoms with Crippen molar-refractivity contribution in [2.75, 3.05) is 0 Å². The van der Waals surface area contributed by atoms with E-state index in [4.69, 9.17) is 0 Å². The van der Waals surface area contributed by atoms with Crippen molar-refractivity contribution >= 4 is 22.5 Å². The molecule has 2 saturated carbocycles. The molecule has 253 valence electrons. The molecule has 0 N–H and O–H groups in total. The molecule has 2 aliphatic carbocycles. The van der Waals surface area contributed by atoms with Crippen LogP contribution in [-0.2, 0) is 26.2 Å². The monoisotopic (exact) mass is 786 g/mol. The summed E-state index contributed by atoms with van der Waals surface area (Å²) in [4.78, 5) is 0. The molecule has 0 saturated heterocycles. The van der Waals surface area contributed by atoms with E-state index in [9.17, 15) is 39.5 Å². The van der Waals surface area contributed by atoms with Crippen molar-refractivity contribution in [2.45, 2.75) is 6.32 Å². The molecule has 0 aliphatic heterocycles. The predicted octanol–water partition coefficient (Wildman–Crippen LogP) is 7.53. The zero-order chi connectivity index (χ0) is 36.1. The average molecular weight is 787 g/mol. The topological polar surface area (TPSA) is 0 Å². The van der Waals surface area contributed by atoms with Crippen LogP contribution in [0.3, 0.4) is 0 Å². The van der Waals surface area contributed by atoms with Gasteiger partial charge < -0.3 is 0 Å². The SMILES string of the molecule is [CH2][CH][CH]C[B-](c1c(F)c(F)c(F)c(F)c1F)(c1c(F)c(F)c(F)c(F)c1F)c1c(F)c(F)c(F)c(F)c1F.[CH]1[CH][CH][CH][CH]1.[CH]1[CH][CH][CH][CH]1.[Zr+4]. The van der Waals surface area contributed by atoms with E-state index in [1.165, 1.54) is 0 Å². The number of rotatable bonds is 6. The van der Waals surface area contributed by atoms with Gasteiger partial charge in [-0.1, -0.05) is 6.42 Å². The third kappa shape index (κ3) is 8.22. The fourth-order valence-corrected chi connectivity index (χ4v) is 4.89. The van der Waals surface area contributed by atoms with Crippen molar-refractivity contribution in [1.82, 2.24) is 0 Å². The zero-order valence-electron chi connectivity index (χ0n) is 24.1. The molecule has 17 heteroatoms. The Bertz CT molecular complexity index is 1360. The van der Waals surface area contributed by atoms with Gasteiger partial charge in [0.25, 0.3) is 0 Å². The Morgan fingerprint density at radius 3 is 0.673 bits per heavy atom. The molecule has 0 heterocycles. The Labute approximate surface area is 291 Å². The van der Waals surface area contributed by atoms with Crippen LogP contribution in [0, 0.1) is 171 Å². The number of benzene rings is 3. The molecule has 2 aliphatic rings. The van der Waals surface area contributed by atoms with E-state index >= 15 is 26.3 Å². The summed E-state index contributed by atoms with van der Waals surface area (Å²) >= 11 is 0. The summed E-state index contributed by atoms with van der Waals surface area (Å²) in [6.07, 6.45) is 13.4. The van der Waals surface area contributed by atoms with Gasteiger partial charge in [0.2, 0.25) is 0 Å². The molecule has 5 rings (SSSR count). The van der Waals surface area contributed by atoms with Gasteiger partial charge in [0, 0.05) is 0 Å². The molecule has 0 amide bonds. The summed E-state index contributed by atoms with van der Waals surface area (Å²) < 4.78 is 216. The van der Waals surface area contributed by atoms with Crippen LogP contribution in [0.2, 0.25) is 6.32 Å². The molecule has 0 nitrogen and oxygen atoms in total. The van der Waals surface area contributed by atoms with E-state index in [1.54, 1.807) is 0 Å². The summed E-state index contributed by atoms with van der Waals surface area (Å²) in [5.41, 5.74) is -7.94. The molecule has 3 aromatic rings. The van der Waals surface area contributed by atoms with Gasteiger partial charge in [-0.05, 0) is 77.6 Å². The van der Waals surface area contributed by atoms with Gasteiger partial charge >= 0.3 is 26.2 Å². The summed E-state index contributed by atoms with van der Waals surface area (Å²) in [6.45, 7) is 2.99. The Kier molecular flexibility index (Phi) is 15.8. The van der Waals surface area contributed by atoms with Crippen LogP contribution in [0.15, 0.2) is 0 Å². The Morgan fingerprint density at radius 1 is 0.347 bits per heavy atom. The van der Waals surface area contributed by atoms with E-state index in [1.807, 2.05) is 64.2 Å². The second-order valence-corrected chi connectivity index (χ2v) is 9.63. The molecule has 2 fully saturated rings. The number of halogens is 15. The normalized spacial score (nSPS) is 14.2. The maximum atomic E-state index is 15.0. The van der Waals surface area contributed by atoms with Crippen molar-refractivity contribution in [3.05, 3.63) is 171 Å². The van der Waals surface area contributed by atoms with Gasteiger partial charge in [0.15, 0.2) is 52.4 Å². The van der Waals surface area contributed by atoms with E-state index in [0.29, 0.717) is 12.8 Å². The first-order valence-electron chi connectivity index (χ1n) is 13.1. The summed E-state index contributed by atoms with van der Waals surface area (Å²) in [7, 11) is 0. The fourth-order valence-electron chi connectivity index (χ4n) is 4.89. The molecular weight excluding hydrogens is 771 g/mol. The van der Waals surface area contributed by atoms with Gasteiger partial charge in [0.1, 0.15) is 41.0 Å². The van der Waals surface area contributed by atoms with E-state index < -0.39 is 116 Å². The molecule has 3 aromatic carbocycles. The maximum absolute atomic E-state index is 15.0. The number of hydrogen-bond donors (Lipinski definition) is 0. The largest absolute Gasteiger partial charge is 4.00 e. The Balaban J connectivity index is 0.000000644. The molecule has 49 heavy (non-hydrogen) atoms.